The number of aryl methyl sites for hydroxylation is 1. The van der Waals surface area contributed by atoms with Gasteiger partial charge in [0.15, 0.2) is 6.10 Å². The largest absolute Gasteiger partial charge is 0.479 e. The third-order valence-electron chi connectivity index (χ3n) is 2.51. The van der Waals surface area contributed by atoms with Crippen LogP contribution in [0.2, 0.25) is 5.02 Å². The molecule has 0 fully saturated rings. The highest BCUT2D eigenvalue weighted by Gasteiger charge is 2.20. The lowest BCUT2D eigenvalue weighted by atomic mass is 10.2. The van der Waals surface area contributed by atoms with Crippen LogP contribution in [0.5, 0.6) is 5.75 Å². The SMILES string of the molecule is CCCC(Oc1ccc(Cl)c(C)c1)C(=O)OCC. The molecule has 1 aromatic rings. The molecule has 0 saturated carbocycles. The third-order valence-corrected chi connectivity index (χ3v) is 2.93. The monoisotopic (exact) mass is 270 g/mol. The van der Waals surface area contributed by atoms with Gasteiger partial charge in [0.25, 0.3) is 0 Å². The highest BCUT2D eigenvalue weighted by molar-refractivity contribution is 6.31. The predicted octanol–water partition coefficient (Wildman–Crippen LogP) is 3.76. The first kappa shape index (κ1) is 14.8. The van der Waals surface area contributed by atoms with Crippen molar-refractivity contribution in [1.82, 2.24) is 0 Å². The molecule has 0 aliphatic heterocycles. The minimum atomic E-state index is -0.546. The van der Waals surface area contributed by atoms with Crippen molar-refractivity contribution in [3.63, 3.8) is 0 Å². The molecule has 1 atom stereocenters. The highest BCUT2D eigenvalue weighted by Crippen LogP contribution is 2.22. The van der Waals surface area contributed by atoms with Gasteiger partial charge in [-0.1, -0.05) is 24.9 Å². The van der Waals surface area contributed by atoms with Gasteiger partial charge >= 0.3 is 5.97 Å². The lowest BCUT2D eigenvalue weighted by molar-refractivity contribution is -0.151. The van der Waals surface area contributed by atoms with Crippen molar-refractivity contribution in [3.8, 4) is 5.75 Å². The van der Waals surface area contributed by atoms with Crippen LogP contribution in [0.4, 0.5) is 0 Å². The van der Waals surface area contributed by atoms with E-state index in [9.17, 15) is 4.79 Å². The van der Waals surface area contributed by atoms with Crippen molar-refractivity contribution in [1.29, 1.82) is 0 Å². The molecule has 1 rings (SSSR count). The maximum Gasteiger partial charge on any atom is 0.347 e. The van der Waals surface area contributed by atoms with Gasteiger partial charge in [0.2, 0.25) is 0 Å². The van der Waals surface area contributed by atoms with E-state index in [1.165, 1.54) is 0 Å². The lowest BCUT2D eigenvalue weighted by Crippen LogP contribution is -2.29. The molecule has 0 radical (unpaired) electrons. The summed E-state index contributed by atoms with van der Waals surface area (Å²) in [6, 6.07) is 5.35. The zero-order valence-corrected chi connectivity index (χ0v) is 11.8. The fraction of sp³-hybridized carbons (Fsp3) is 0.500. The minimum absolute atomic E-state index is 0.313. The van der Waals surface area contributed by atoms with Gasteiger partial charge in [-0.2, -0.15) is 0 Å². The van der Waals surface area contributed by atoms with Crippen LogP contribution in [0, 0.1) is 6.92 Å². The maximum absolute atomic E-state index is 11.7. The highest BCUT2D eigenvalue weighted by atomic mass is 35.5. The number of benzene rings is 1. The molecule has 0 aromatic heterocycles. The maximum atomic E-state index is 11.7. The van der Waals surface area contributed by atoms with E-state index in [0.717, 1.165) is 12.0 Å². The van der Waals surface area contributed by atoms with Crippen LogP contribution < -0.4 is 4.74 Å². The number of hydrogen-bond acceptors (Lipinski definition) is 3. The summed E-state index contributed by atoms with van der Waals surface area (Å²) in [6.45, 7) is 6.05. The van der Waals surface area contributed by atoms with Crippen LogP contribution >= 0.6 is 11.6 Å². The molecule has 0 amide bonds. The van der Waals surface area contributed by atoms with E-state index in [2.05, 4.69) is 0 Å². The topological polar surface area (TPSA) is 35.5 Å². The van der Waals surface area contributed by atoms with Gasteiger partial charge < -0.3 is 9.47 Å². The van der Waals surface area contributed by atoms with E-state index in [1.54, 1.807) is 19.1 Å². The molecular weight excluding hydrogens is 252 g/mol. The molecule has 3 nitrogen and oxygen atoms in total. The minimum Gasteiger partial charge on any atom is -0.479 e. The Balaban J connectivity index is 2.76. The Hall–Kier alpha value is -1.22. The molecule has 0 N–H and O–H groups in total. The Bertz CT molecular complexity index is 404. The molecule has 1 unspecified atom stereocenters. The second-order valence-corrected chi connectivity index (χ2v) is 4.47. The predicted molar refractivity (Wildman–Crippen MR) is 72.1 cm³/mol. The van der Waals surface area contributed by atoms with Gasteiger partial charge in [-0.15, -0.1) is 0 Å². The van der Waals surface area contributed by atoms with E-state index < -0.39 is 6.10 Å². The fourth-order valence-electron chi connectivity index (χ4n) is 1.58. The molecule has 0 spiro atoms. The standard InChI is InChI=1S/C14H19ClO3/c1-4-6-13(14(16)17-5-2)18-11-7-8-12(15)10(3)9-11/h7-9,13H,4-6H2,1-3H3. The van der Waals surface area contributed by atoms with Gasteiger partial charge in [-0.05, 0) is 44.0 Å². The Morgan fingerprint density at radius 3 is 2.67 bits per heavy atom. The van der Waals surface area contributed by atoms with Crippen molar-refractivity contribution >= 4 is 17.6 Å². The van der Waals surface area contributed by atoms with Crippen molar-refractivity contribution in [3.05, 3.63) is 28.8 Å². The first-order chi connectivity index (χ1) is 8.58. The van der Waals surface area contributed by atoms with Gasteiger partial charge in [0, 0.05) is 5.02 Å². The van der Waals surface area contributed by atoms with E-state index >= 15 is 0 Å². The summed E-state index contributed by atoms with van der Waals surface area (Å²) in [5.74, 6) is 0.329. The van der Waals surface area contributed by atoms with Crippen molar-refractivity contribution in [2.45, 2.75) is 39.7 Å². The Morgan fingerprint density at radius 1 is 1.39 bits per heavy atom. The number of ether oxygens (including phenoxy) is 2. The van der Waals surface area contributed by atoms with Crippen LogP contribution in [-0.4, -0.2) is 18.7 Å². The fourth-order valence-corrected chi connectivity index (χ4v) is 1.69. The van der Waals surface area contributed by atoms with E-state index in [0.29, 0.717) is 23.8 Å². The number of carbonyl (C=O) groups is 1. The second kappa shape index (κ2) is 7.27. The molecule has 100 valence electrons. The van der Waals surface area contributed by atoms with E-state index in [1.807, 2.05) is 19.9 Å². The van der Waals surface area contributed by atoms with Gasteiger partial charge in [0.1, 0.15) is 5.75 Å². The van der Waals surface area contributed by atoms with Crippen LogP contribution in [0.3, 0.4) is 0 Å². The lowest BCUT2D eigenvalue weighted by Gasteiger charge is -2.17. The zero-order chi connectivity index (χ0) is 13.5. The van der Waals surface area contributed by atoms with Crippen molar-refractivity contribution < 1.29 is 14.3 Å². The number of hydrogen-bond donors (Lipinski definition) is 0. The number of esters is 1. The second-order valence-electron chi connectivity index (χ2n) is 4.06. The van der Waals surface area contributed by atoms with Crippen LogP contribution in [-0.2, 0) is 9.53 Å². The molecule has 0 aliphatic rings. The summed E-state index contributed by atoms with van der Waals surface area (Å²) < 4.78 is 10.7. The summed E-state index contributed by atoms with van der Waals surface area (Å²) in [7, 11) is 0. The molecule has 0 bridgehead atoms. The first-order valence-corrected chi connectivity index (χ1v) is 6.55. The van der Waals surface area contributed by atoms with E-state index in [-0.39, 0.29) is 5.97 Å². The Kier molecular flexibility index (Phi) is 5.99. The van der Waals surface area contributed by atoms with Crippen molar-refractivity contribution in [2.75, 3.05) is 6.61 Å². The molecule has 0 heterocycles. The normalized spacial score (nSPS) is 12.0. The first-order valence-electron chi connectivity index (χ1n) is 6.17. The average molecular weight is 271 g/mol. The van der Waals surface area contributed by atoms with Crippen LogP contribution in [0.15, 0.2) is 18.2 Å². The zero-order valence-electron chi connectivity index (χ0n) is 11.0. The average Bonchev–Trinajstić information content (AvgIpc) is 2.33. The summed E-state index contributed by atoms with van der Waals surface area (Å²) in [5, 5.41) is 0.686. The summed E-state index contributed by atoms with van der Waals surface area (Å²) in [5.41, 5.74) is 0.924. The molecule has 1 aromatic carbocycles. The molecular formula is C14H19ClO3. The Labute approximate surface area is 113 Å². The molecule has 0 aliphatic carbocycles. The summed E-state index contributed by atoms with van der Waals surface area (Å²) >= 11 is 5.94. The smallest absolute Gasteiger partial charge is 0.347 e. The van der Waals surface area contributed by atoms with Crippen LogP contribution in [0.25, 0.3) is 0 Å². The summed E-state index contributed by atoms with van der Waals surface area (Å²) in [4.78, 5) is 11.7. The molecule has 0 saturated heterocycles. The number of carbonyl (C=O) groups excluding carboxylic acids is 1. The summed E-state index contributed by atoms with van der Waals surface area (Å²) in [6.07, 6.45) is 0.951. The number of halogens is 1. The van der Waals surface area contributed by atoms with Gasteiger partial charge in [0.05, 0.1) is 6.61 Å². The third kappa shape index (κ3) is 4.22. The van der Waals surface area contributed by atoms with Crippen molar-refractivity contribution in [2.24, 2.45) is 0 Å². The molecule has 4 heteroatoms. The van der Waals surface area contributed by atoms with Gasteiger partial charge in [-0.25, -0.2) is 4.79 Å². The molecule has 18 heavy (non-hydrogen) atoms. The van der Waals surface area contributed by atoms with Crippen LogP contribution in [0.1, 0.15) is 32.3 Å². The number of rotatable bonds is 6. The van der Waals surface area contributed by atoms with E-state index in [4.69, 9.17) is 21.1 Å². The Morgan fingerprint density at radius 2 is 2.11 bits per heavy atom. The van der Waals surface area contributed by atoms with Gasteiger partial charge in [-0.3, -0.25) is 0 Å². The quantitative estimate of drug-likeness (QED) is 0.739.